The van der Waals surface area contributed by atoms with E-state index in [0.29, 0.717) is 52.0 Å². The van der Waals surface area contributed by atoms with E-state index in [1.807, 2.05) is 74.5 Å². The van der Waals surface area contributed by atoms with Gasteiger partial charge in [0.05, 0.1) is 26.1 Å². The molecule has 56 heavy (non-hydrogen) atoms. The topological polar surface area (TPSA) is 188 Å². The number of esters is 2. The lowest BCUT2D eigenvalue weighted by Gasteiger charge is -2.26. The second-order valence-corrected chi connectivity index (χ2v) is 13.9. The maximum absolute atomic E-state index is 12.7. The third kappa shape index (κ3) is 11.9. The van der Waals surface area contributed by atoms with Gasteiger partial charge >= 0.3 is 24.1 Å². The number of nitrogens with zero attached hydrogens (tertiary/aromatic N) is 2. The zero-order chi connectivity index (χ0) is 39.9. The molecule has 4 aliphatic rings. The number of nitrogens with one attached hydrogen (secondary N) is 2. The zero-order valence-corrected chi connectivity index (χ0v) is 31.9. The number of carbonyl (C=O) groups is 6. The van der Waals surface area contributed by atoms with Crippen molar-refractivity contribution in [2.45, 2.75) is 115 Å². The monoisotopic (exact) mass is 780 g/mol. The molecule has 16 nitrogen and oxygen atoms in total. The third-order valence-electron chi connectivity index (χ3n) is 9.54. The molecule has 16 heteroatoms. The van der Waals surface area contributed by atoms with Crippen LogP contribution in [0.25, 0.3) is 0 Å². The zero-order valence-electron chi connectivity index (χ0n) is 31.9. The lowest BCUT2D eigenvalue weighted by Crippen LogP contribution is -2.51. The molecule has 0 spiro atoms. The SMILES string of the molecule is CCCO[C@@H]1OC(=O)C[C@@H]1NC(=O)[C@@H]1CCCN1C(=O)OCc1ccccc1.CCCO[C@H]1OC(=O)C[C@@H]1NC(=O)[C@@H]1CCCN1C(=O)OCc1ccccc1. The van der Waals surface area contributed by atoms with Crippen LogP contribution in [-0.2, 0) is 60.8 Å². The van der Waals surface area contributed by atoms with Crippen LogP contribution in [-0.4, -0.2) is 109 Å². The molecule has 0 aliphatic carbocycles. The van der Waals surface area contributed by atoms with Crippen LogP contribution in [0.1, 0.15) is 76.3 Å². The van der Waals surface area contributed by atoms with Gasteiger partial charge in [0.25, 0.3) is 0 Å². The standard InChI is InChI=1S/2C20H26N2O6/c2*1-2-11-26-19-15(12-17(23)28-19)21-18(24)16-9-6-10-22(16)20(25)27-13-14-7-4-3-5-8-14/h2*3-5,7-8,15-16,19H,2,6,9-13H2,1H3,(H,21,24)/t15-,16-,19+;15-,16-,19-/m00/s1. The van der Waals surface area contributed by atoms with Crippen LogP contribution in [0.2, 0.25) is 0 Å². The van der Waals surface area contributed by atoms with E-state index in [1.54, 1.807) is 0 Å². The Morgan fingerprint density at radius 3 is 1.41 bits per heavy atom. The molecule has 2 aromatic carbocycles. The van der Waals surface area contributed by atoms with Crippen LogP contribution in [0.5, 0.6) is 0 Å². The molecule has 0 saturated carbocycles. The molecule has 4 heterocycles. The first kappa shape index (κ1) is 41.9. The van der Waals surface area contributed by atoms with Crippen molar-refractivity contribution in [2.24, 2.45) is 0 Å². The summed E-state index contributed by atoms with van der Waals surface area (Å²) < 4.78 is 31.9. The molecular formula is C40H52N4O12. The number of cyclic esters (lactones) is 2. The molecule has 0 unspecified atom stereocenters. The molecule has 6 rings (SSSR count). The van der Waals surface area contributed by atoms with Crippen LogP contribution in [0, 0.1) is 0 Å². The normalized spacial score (nSPS) is 24.1. The van der Waals surface area contributed by atoms with Crippen molar-refractivity contribution >= 4 is 35.9 Å². The number of benzene rings is 2. The minimum Gasteiger partial charge on any atom is -0.445 e. The molecule has 4 aliphatic heterocycles. The number of hydrogen-bond acceptors (Lipinski definition) is 12. The molecule has 2 aromatic rings. The summed E-state index contributed by atoms with van der Waals surface area (Å²) in [7, 11) is 0. The van der Waals surface area contributed by atoms with Gasteiger partial charge in [-0.1, -0.05) is 74.5 Å². The highest BCUT2D eigenvalue weighted by Crippen LogP contribution is 2.24. The molecule has 0 bridgehead atoms. The lowest BCUT2D eigenvalue weighted by molar-refractivity contribution is -0.166. The Kier molecular flexibility index (Phi) is 15.9. The van der Waals surface area contributed by atoms with E-state index < -0.39 is 60.9 Å². The minimum atomic E-state index is -0.781. The molecule has 0 radical (unpaired) electrons. The Morgan fingerprint density at radius 1 is 0.643 bits per heavy atom. The number of ether oxygens (including phenoxy) is 6. The summed E-state index contributed by atoms with van der Waals surface area (Å²) in [6.45, 7) is 6.00. The van der Waals surface area contributed by atoms with E-state index in [4.69, 9.17) is 28.4 Å². The summed E-state index contributed by atoms with van der Waals surface area (Å²) in [6, 6.07) is 16.4. The summed E-state index contributed by atoms with van der Waals surface area (Å²) in [5, 5.41) is 5.62. The van der Waals surface area contributed by atoms with Gasteiger partial charge in [-0.15, -0.1) is 0 Å². The highest BCUT2D eigenvalue weighted by Gasteiger charge is 2.42. The van der Waals surface area contributed by atoms with E-state index >= 15 is 0 Å². The number of amides is 4. The van der Waals surface area contributed by atoms with Crippen molar-refractivity contribution in [3.05, 3.63) is 71.8 Å². The predicted molar refractivity (Wildman–Crippen MR) is 198 cm³/mol. The van der Waals surface area contributed by atoms with E-state index in [9.17, 15) is 28.8 Å². The molecule has 0 aromatic heterocycles. The Hall–Kier alpha value is -5.22. The number of rotatable bonds is 14. The number of hydrogen-bond donors (Lipinski definition) is 2. The van der Waals surface area contributed by atoms with Crippen LogP contribution < -0.4 is 10.6 Å². The molecule has 4 fully saturated rings. The van der Waals surface area contributed by atoms with Crippen molar-refractivity contribution in [1.82, 2.24) is 20.4 Å². The summed E-state index contributed by atoms with van der Waals surface area (Å²) in [5.41, 5.74) is 1.77. The fourth-order valence-corrected chi connectivity index (χ4v) is 6.76. The second-order valence-electron chi connectivity index (χ2n) is 13.9. The van der Waals surface area contributed by atoms with E-state index in [-0.39, 0.29) is 37.9 Å². The van der Waals surface area contributed by atoms with Crippen molar-refractivity contribution in [2.75, 3.05) is 26.3 Å². The second kappa shape index (κ2) is 21.2. The first-order valence-corrected chi connectivity index (χ1v) is 19.3. The van der Waals surface area contributed by atoms with Gasteiger partial charge in [0.15, 0.2) is 0 Å². The van der Waals surface area contributed by atoms with Crippen LogP contribution in [0.15, 0.2) is 60.7 Å². The van der Waals surface area contributed by atoms with E-state index in [0.717, 1.165) is 24.0 Å². The number of carbonyl (C=O) groups excluding carboxylic acids is 6. The largest absolute Gasteiger partial charge is 0.445 e. The van der Waals surface area contributed by atoms with Crippen molar-refractivity contribution in [3.8, 4) is 0 Å². The summed E-state index contributed by atoms with van der Waals surface area (Å²) in [4.78, 5) is 76.4. The minimum absolute atomic E-state index is 0.0608. The maximum Gasteiger partial charge on any atom is 0.410 e. The van der Waals surface area contributed by atoms with Gasteiger partial charge in [-0.3, -0.25) is 29.0 Å². The summed E-state index contributed by atoms with van der Waals surface area (Å²) in [5.74, 6) is -1.45. The predicted octanol–water partition coefficient (Wildman–Crippen LogP) is 3.94. The average molecular weight is 781 g/mol. The van der Waals surface area contributed by atoms with Crippen molar-refractivity contribution in [3.63, 3.8) is 0 Å². The van der Waals surface area contributed by atoms with Crippen molar-refractivity contribution in [1.29, 1.82) is 0 Å². The highest BCUT2D eigenvalue weighted by atomic mass is 16.7. The maximum atomic E-state index is 12.7. The summed E-state index contributed by atoms with van der Waals surface area (Å²) in [6.07, 6.45) is 1.62. The highest BCUT2D eigenvalue weighted by molar-refractivity contribution is 5.88. The van der Waals surface area contributed by atoms with Gasteiger partial charge in [-0.2, -0.15) is 0 Å². The van der Waals surface area contributed by atoms with Gasteiger partial charge in [-0.25, -0.2) is 9.59 Å². The molecule has 304 valence electrons. The Morgan fingerprint density at radius 2 is 1.04 bits per heavy atom. The fourth-order valence-electron chi connectivity index (χ4n) is 6.76. The van der Waals surface area contributed by atoms with Crippen molar-refractivity contribution < 1.29 is 57.2 Å². The summed E-state index contributed by atoms with van der Waals surface area (Å²) >= 11 is 0. The smallest absolute Gasteiger partial charge is 0.410 e. The molecule has 6 atom stereocenters. The van der Waals surface area contributed by atoms with Gasteiger partial charge in [0.1, 0.15) is 37.4 Å². The Labute approximate surface area is 326 Å². The quantitative estimate of drug-likeness (QED) is 0.208. The fraction of sp³-hybridized carbons (Fsp3) is 0.550. The van der Waals surface area contributed by atoms with E-state index in [1.165, 1.54) is 9.80 Å². The van der Waals surface area contributed by atoms with Crippen LogP contribution in [0.4, 0.5) is 9.59 Å². The van der Waals surface area contributed by atoms with Crippen LogP contribution >= 0.6 is 0 Å². The average Bonchev–Trinajstić information content (AvgIpc) is 4.03. The lowest BCUT2D eigenvalue weighted by atomic mass is 10.1. The molecule has 2 N–H and O–H groups in total. The number of likely N-dealkylation sites (tertiary alicyclic amines) is 2. The van der Waals surface area contributed by atoms with Gasteiger partial charge in [-0.05, 0) is 49.7 Å². The third-order valence-corrected chi connectivity index (χ3v) is 9.54. The first-order valence-electron chi connectivity index (χ1n) is 19.3. The molecular weight excluding hydrogens is 728 g/mol. The van der Waals surface area contributed by atoms with Gasteiger partial charge in [0, 0.05) is 13.1 Å². The molecule has 4 saturated heterocycles. The van der Waals surface area contributed by atoms with E-state index in [2.05, 4.69) is 10.6 Å². The Bertz CT molecular complexity index is 1510. The molecule has 4 amide bonds. The van der Waals surface area contributed by atoms with Crippen LogP contribution in [0.3, 0.4) is 0 Å². The Balaban J connectivity index is 0.000000214. The van der Waals surface area contributed by atoms with Gasteiger partial charge in [0.2, 0.25) is 24.4 Å². The first-order chi connectivity index (χ1) is 27.2. The van der Waals surface area contributed by atoms with Gasteiger partial charge < -0.3 is 39.1 Å².